The van der Waals surface area contributed by atoms with Gasteiger partial charge in [-0.2, -0.15) is 0 Å². The van der Waals surface area contributed by atoms with Crippen molar-refractivity contribution in [2.24, 2.45) is 0 Å². The summed E-state index contributed by atoms with van der Waals surface area (Å²) in [6, 6.07) is 15.6. The summed E-state index contributed by atoms with van der Waals surface area (Å²) in [5.41, 5.74) is 4.24. The van der Waals surface area contributed by atoms with E-state index in [1.54, 1.807) is 50.1 Å². The van der Waals surface area contributed by atoms with Crippen LogP contribution < -0.4 is 28.9 Å². The van der Waals surface area contributed by atoms with E-state index in [1.807, 2.05) is 52.5 Å². The lowest BCUT2D eigenvalue weighted by atomic mass is 10.1. The molecule has 0 unspecified atom stereocenters. The van der Waals surface area contributed by atoms with Gasteiger partial charge in [-0.25, -0.2) is 0 Å². The SMILES string of the molecule is COc1cc(C(=O)N2c3ccc(N(C)C)cc3Sc3cc(N(C)C)ccc32)cc(OC)c1OC. The molecule has 0 bridgehead atoms. The quantitative estimate of drug-likeness (QED) is 0.476. The zero-order chi connectivity index (χ0) is 24.6. The first-order valence-electron chi connectivity index (χ1n) is 10.7. The molecule has 178 valence electrons. The van der Waals surface area contributed by atoms with Crippen LogP contribution in [0.25, 0.3) is 0 Å². The molecule has 0 radical (unpaired) electrons. The number of amides is 1. The minimum Gasteiger partial charge on any atom is -0.493 e. The predicted octanol–water partition coefficient (Wildman–Crippen LogP) is 5.29. The predicted molar refractivity (Wildman–Crippen MR) is 138 cm³/mol. The van der Waals surface area contributed by atoms with Gasteiger partial charge in [-0.1, -0.05) is 11.8 Å². The Kier molecular flexibility index (Phi) is 6.52. The van der Waals surface area contributed by atoms with Crippen LogP contribution in [0.3, 0.4) is 0 Å². The number of benzene rings is 3. The number of methoxy groups -OCH3 is 3. The molecule has 3 aromatic rings. The van der Waals surface area contributed by atoms with Gasteiger partial charge in [0.25, 0.3) is 5.91 Å². The molecule has 7 nitrogen and oxygen atoms in total. The van der Waals surface area contributed by atoms with E-state index in [1.165, 1.54) is 0 Å². The number of carbonyl (C=O) groups excluding carboxylic acids is 1. The maximum atomic E-state index is 14.0. The standard InChI is InChI=1S/C26H29N3O4S/c1-27(2)17-8-10-19-23(14-17)34-24-15-18(28(3)4)9-11-20(24)29(19)26(30)16-12-21(31-5)25(33-7)22(13-16)32-6/h8-15H,1-7H3. The first-order valence-corrected chi connectivity index (χ1v) is 11.6. The Hall–Kier alpha value is -3.52. The van der Waals surface area contributed by atoms with E-state index in [9.17, 15) is 4.79 Å². The van der Waals surface area contributed by atoms with Crippen molar-refractivity contribution in [3.05, 3.63) is 54.1 Å². The molecule has 1 amide bonds. The molecule has 1 aliphatic heterocycles. The summed E-state index contributed by atoms with van der Waals surface area (Å²) < 4.78 is 16.4. The summed E-state index contributed by atoms with van der Waals surface area (Å²) in [5.74, 6) is 1.13. The second-order valence-corrected chi connectivity index (χ2v) is 9.33. The summed E-state index contributed by atoms with van der Waals surface area (Å²) in [7, 11) is 12.6. The van der Waals surface area contributed by atoms with Crippen LogP contribution in [0.15, 0.2) is 58.3 Å². The molecule has 0 fully saturated rings. The van der Waals surface area contributed by atoms with Gasteiger partial charge >= 0.3 is 0 Å². The van der Waals surface area contributed by atoms with Crippen LogP contribution in [0, 0.1) is 0 Å². The number of anilines is 4. The Labute approximate surface area is 204 Å². The maximum Gasteiger partial charge on any atom is 0.263 e. The number of fused-ring (bicyclic) bond motifs is 2. The molecular weight excluding hydrogens is 450 g/mol. The van der Waals surface area contributed by atoms with E-state index >= 15 is 0 Å². The fourth-order valence-electron chi connectivity index (χ4n) is 3.90. The monoisotopic (exact) mass is 479 g/mol. The molecular formula is C26H29N3O4S. The number of nitrogens with zero attached hydrogens (tertiary/aromatic N) is 3. The van der Waals surface area contributed by atoms with Gasteiger partial charge in [0.05, 0.1) is 32.7 Å². The molecule has 0 spiro atoms. The highest BCUT2D eigenvalue weighted by Crippen LogP contribution is 2.51. The summed E-state index contributed by atoms with van der Waals surface area (Å²) in [6.07, 6.45) is 0. The normalized spacial score (nSPS) is 11.9. The first kappa shape index (κ1) is 23.6. The molecule has 1 heterocycles. The Morgan fingerprint density at radius 2 is 1.21 bits per heavy atom. The first-order chi connectivity index (χ1) is 16.3. The zero-order valence-corrected chi connectivity index (χ0v) is 21.3. The summed E-state index contributed by atoms with van der Waals surface area (Å²) >= 11 is 1.67. The van der Waals surface area contributed by atoms with Crippen LogP contribution in [-0.2, 0) is 0 Å². The minimum atomic E-state index is -0.183. The number of ether oxygens (including phenoxy) is 3. The van der Waals surface area contributed by atoms with E-state index in [-0.39, 0.29) is 5.91 Å². The van der Waals surface area contributed by atoms with Crippen molar-refractivity contribution in [3.63, 3.8) is 0 Å². The van der Waals surface area contributed by atoms with Gasteiger partial charge < -0.3 is 24.0 Å². The van der Waals surface area contributed by atoms with Crippen LogP contribution in [0.4, 0.5) is 22.7 Å². The van der Waals surface area contributed by atoms with Crippen LogP contribution in [0.2, 0.25) is 0 Å². The largest absolute Gasteiger partial charge is 0.493 e. The minimum absolute atomic E-state index is 0.183. The van der Waals surface area contributed by atoms with Gasteiger partial charge in [0.1, 0.15) is 0 Å². The average Bonchev–Trinajstić information content (AvgIpc) is 2.84. The molecule has 0 aliphatic carbocycles. The van der Waals surface area contributed by atoms with E-state index < -0.39 is 0 Å². The summed E-state index contributed by atoms with van der Waals surface area (Å²) in [5, 5.41) is 0. The van der Waals surface area contributed by atoms with Crippen LogP contribution in [0.1, 0.15) is 10.4 Å². The molecule has 4 rings (SSSR count). The fourth-order valence-corrected chi connectivity index (χ4v) is 5.02. The van der Waals surface area contributed by atoms with Crippen molar-refractivity contribution in [1.29, 1.82) is 0 Å². The Morgan fingerprint density at radius 3 is 1.59 bits per heavy atom. The Bertz CT molecular complexity index is 1160. The number of hydrogen-bond acceptors (Lipinski definition) is 7. The van der Waals surface area contributed by atoms with Gasteiger partial charge in [0, 0.05) is 54.9 Å². The molecule has 0 saturated carbocycles. The zero-order valence-electron chi connectivity index (χ0n) is 20.5. The van der Waals surface area contributed by atoms with Gasteiger partial charge in [-0.05, 0) is 48.5 Å². The van der Waals surface area contributed by atoms with Gasteiger partial charge in [-0.15, -0.1) is 0 Å². The van der Waals surface area contributed by atoms with Crippen molar-refractivity contribution >= 4 is 40.4 Å². The smallest absolute Gasteiger partial charge is 0.263 e. The van der Waals surface area contributed by atoms with Crippen LogP contribution in [-0.4, -0.2) is 55.4 Å². The highest BCUT2D eigenvalue weighted by atomic mass is 32.2. The van der Waals surface area contributed by atoms with Crippen molar-refractivity contribution in [2.45, 2.75) is 9.79 Å². The molecule has 0 saturated heterocycles. The second kappa shape index (κ2) is 9.38. The summed E-state index contributed by atoms with van der Waals surface area (Å²) in [4.78, 5) is 21.9. The third kappa shape index (κ3) is 4.09. The van der Waals surface area contributed by atoms with E-state index in [4.69, 9.17) is 14.2 Å². The molecule has 3 aromatic carbocycles. The fraction of sp³-hybridized carbons (Fsp3) is 0.269. The second-order valence-electron chi connectivity index (χ2n) is 8.25. The highest BCUT2D eigenvalue weighted by molar-refractivity contribution is 7.99. The van der Waals surface area contributed by atoms with Gasteiger partial charge in [-0.3, -0.25) is 9.69 Å². The van der Waals surface area contributed by atoms with Crippen LogP contribution in [0.5, 0.6) is 17.2 Å². The molecule has 0 N–H and O–H groups in total. The maximum absolute atomic E-state index is 14.0. The number of hydrogen-bond donors (Lipinski definition) is 0. The summed E-state index contributed by atoms with van der Waals surface area (Å²) in [6.45, 7) is 0. The Balaban J connectivity index is 1.90. The molecule has 0 aromatic heterocycles. The number of carbonyl (C=O) groups is 1. The van der Waals surface area contributed by atoms with Crippen LogP contribution >= 0.6 is 11.8 Å². The molecule has 1 aliphatic rings. The van der Waals surface area contributed by atoms with Gasteiger partial charge in [0.15, 0.2) is 11.5 Å². The highest BCUT2D eigenvalue weighted by Gasteiger charge is 2.31. The van der Waals surface area contributed by atoms with Crippen molar-refractivity contribution in [3.8, 4) is 17.2 Å². The Morgan fingerprint density at radius 1 is 0.735 bits per heavy atom. The molecule has 0 atom stereocenters. The lowest BCUT2D eigenvalue weighted by Gasteiger charge is -2.33. The lowest BCUT2D eigenvalue weighted by molar-refractivity contribution is 0.0997. The number of rotatable bonds is 6. The molecule has 34 heavy (non-hydrogen) atoms. The van der Waals surface area contributed by atoms with E-state index in [0.29, 0.717) is 22.8 Å². The van der Waals surface area contributed by atoms with Crippen molar-refractivity contribution in [2.75, 3.05) is 64.2 Å². The van der Waals surface area contributed by atoms with E-state index in [0.717, 1.165) is 32.5 Å². The lowest BCUT2D eigenvalue weighted by Crippen LogP contribution is -2.29. The van der Waals surface area contributed by atoms with E-state index in [2.05, 4.69) is 21.9 Å². The average molecular weight is 480 g/mol. The third-order valence-electron chi connectivity index (χ3n) is 5.74. The van der Waals surface area contributed by atoms with Crippen molar-refractivity contribution in [1.82, 2.24) is 0 Å². The topological polar surface area (TPSA) is 54.5 Å². The van der Waals surface area contributed by atoms with Gasteiger partial charge in [0.2, 0.25) is 5.75 Å². The molecule has 8 heteroatoms. The third-order valence-corrected chi connectivity index (χ3v) is 6.83. The van der Waals surface area contributed by atoms with Crippen molar-refractivity contribution < 1.29 is 19.0 Å².